The molecular weight excluding hydrogens is 400 g/mol. The fraction of sp³-hybridized carbons (Fsp3) is 0. The Morgan fingerprint density at radius 3 is 1.31 bits per heavy atom. The zero-order chi connectivity index (χ0) is 19.4. The third-order valence-electron chi connectivity index (χ3n) is 3.04. The van der Waals surface area contributed by atoms with Crippen molar-refractivity contribution >= 4 is 43.6 Å². The molecule has 0 aromatic heterocycles. The summed E-state index contributed by atoms with van der Waals surface area (Å²) in [6, 6.07) is 15.5. The van der Waals surface area contributed by atoms with Gasteiger partial charge in [-0.25, -0.2) is 0 Å². The van der Waals surface area contributed by atoms with Gasteiger partial charge in [0.1, 0.15) is 0 Å². The summed E-state index contributed by atoms with van der Waals surface area (Å²) >= 11 is -2.89. The van der Waals surface area contributed by atoms with Gasteiger partial charge in [-0.05, 0) is 11.1 Å². The predicted octanol–water partition coefficient (Wildman–Crippen LogP) is 2.51. The number of benzene rings is 2. The van der Waals surface area contributed by atoms with Gasteiger partial charge >= 0.3 is 20.2 Å². The predicted molar refractivity (Wildman–Crippen MR) is 100 cm³/mol. The van der Waals surface area contributed by atoms with Crippen molar-refractivity contribution < 1.29 is 30.5 Å². The molecule has 26 heavy (non-hydrogen) atoms. The molecule has 2 N–H and O–H groups in total. The Balaban J connectivity index is 2.63. The van der Waals surface area contributed by atoms with Crippen molar-refractivity contribution in [2.75, 3.05) is 0 Å². The molecule has 0 atom stereocenters. The Morgan fingerprint density at radius 2 is 1.04 bits per heavy atom. The van der Waals surface area contributed by atoms with Crippen LogP contribution in [0, 0.1) is 0 Å². The van der Waals surface area contributed by atoms with Gasteiger partial charge in [0.05, 0.1) is 11.2 Å². The van der Waals surface area contributed by atoms with E-state index >= 15 is 0 Å². The summed E-state index contributed by atoms with van der Waals surface area (Å²) in [5, 5.41) is 0. The first-order valence-electron chi connectivity index (χ1n) is 6.99. The standard InChI is InChI=1S/C16H14O7S3/c17-24(15(25(18,19)20)11-13-7-3-1-4-8-13)16(26(21,22)23)12-14-9-5-2-6-10-14/h1-12H,(H,18,19,20)(H,21,22,23). The van der Waals surface area contributed by atoms with E-state index in [9.17, 15) is 30.5 Å². The lowest BCUT2D eigenvalue weighted by molar-refractivity contribution is 0.492. The average Bonchev–Trinajstić information content (AvgIpc) is 2.57. The highest BCUT2D eigenvalue weighted by Gasteiger charge is 2.38. The van der Waals surface area contributed by atoms with Crippen LogP contribution in [0.1, 0.15) is 11.1 Å². The van der Waals surface area contributed by atoms with Crippen molar-refractivity contribution in [1.29, 1.82) is 0 Å². The first-order chi connectivity index (χ1) is 12.1. The van der Waals surface area contributed by atoms with Crippen LogP contribution in [0.5, 0.6) is 0 Å². The first-order valence-corrected chi connectivity index (χ1v) is 11.0. The van der Waals surface area contributed by atoms with Gasteiger partial charge in [-0.3, -0.25) is 9.11 Å². The summed E-state index contributed by atoms with van der Waals surface area (Å²) in [4.78, 5) is 0. The van der Waals surface area contributed by atoms with Crippen molar-refractivity contribution in [1.82, 2.24) is 0 Å². The normalized spacial score (nSPS) is 14.9. The summed E-state index contributed by atoms with van der Waals surface area (Å²) in [6.07, 6.45) is 1.74. The summed E-state index contributed by atoms with van der Waals surface area (Å²) in [5.74, 6) is 0. The van der Waals surface area contributed by atoms with Gasteiger partial charge < -0.3 is 4.55 Å². The SMILES string of the molecule is O=S(=O)(O)C(=Cc1ccccc1)[S+]([O-])C(=Cc1ccccc1)S(=O)(=O)O. The summed E-state index contributed by atoms with van der Waals surface area (Å²) in [5.41, 5.74) is 0.533. The number of rotatable bonds is 6. The molecule has 0 fully saturated rings. The second kappa shape index (κ2) is 8.16. The molecule has 138 valence electrons. The largest absolute Gasteiger partial charge is 0.605 e. The van der Waals surface area contributed by atoms with Gasteiger partial charge in [0.15, 0.2) is 0 Å². The van der Waals surface area contributed by atoms with Gasteiger partial charge in [0, 0.05) is 12.2 Å². The lowest BCUT2D eigenvalue weighted by Gasteiger charge is -2.12. The third-order valence-corrected chi connectivity index (χ3v) is 7.43. The molecule has 0 amide bonds. The molecule has 0 heterocycles. The van der Waals surface area contributed by atoms with Gasteiger partial charge in [0.25, 0.3) is 8.47 Å². The zero-order valence-electron chi connectivity index (χ0n) is 13.1. The van der Waals surface area contributed by atoms with E-state index in [4.69, 9.17) is 0 Å². The topological polar surface area (TPSA) is 132 Å². The highest BCUT2D eigenvalue weighted by molar-refractivity contribution is 8.21. The van der Waals surface area contributed by atoms with Crippen LogP contribution >= 0.6 is 0 Å². The first kappa shape index (κ1) is 20.4. The van der Waals surface area contributed by atoms with Crippen LogP contribution in [0.2, 0.25) is 0 Å². The molecule has 2 aromatic rings. The zero-order valence-corrected chi connectivity index (χ0v) is 15.5. The van der Waals surface area contributed by atoms with Crippen LogP contribution in [-0.2, 0) is 31.4 Å². The molecular formula is C16H14O7S3. The minimum atomic E-state index is -5.02. The Kier molecular flexibility index (Phi) is 6.39. The van der Waals surface area contributed by atoms with E-state index in [0.717, 1.165) is 12.2 Å². The van der Waals surface area contributed by atoms with Crippen LogP contribution in [-0.4, -0.2) is 30.5 Å². The van der Waals surface area contributed by atoms with Crippen LogP contribution in [0.3, 0.4) is 0 Å². The van der Waals surface area contributed by atoms with E-state index in [-0.39, 0.29) is 11.1 Å². The molecule has 0 aliphatic carbocycles. The lowest BCUT2D eigenvalue weighted by atomic mass is 10.2. The molecule has 0 aliphatic heterocycles. The van der Waals surface area contributed by atoms with Crippen LogP contribution in [0.25, 0.3) is 12.2 Å². The Morgan fingerprint density at radius 1 is 0.731 bits per heavy atom. The quantitative estimate of drug-likeness (QED) is 0.548. The summed E-state index contributed by atoms with van der Waals surface area (Å²) < 4.78 is 75.9. The molecule has 0 unspecified atom stereocenters. The van der Waals surface area contributed by atoms with Crippen molar-refractivity contribution in [3.8, 4) is 0 Å². The fourth-order valence-corrected chi connectivity index (χ4v) is 5.40. The van der Waals surface area contributed by atoms with Gasteiger partial charge in [-0.2, -0.15) is 16.8 Å². The van der Waals surface area contributed by atoms with Gasteiger partial charge in [0.2, 0.25) is 0 Å². The van der Waals surface area contributed by atoms with E-state index in [1.165, 1.54) is 24.3 Å². The maximum Gasteiger partial charge on any atom is 0.340 e. The molecule has 0 saturated carbocycles. The van der Waals surface area contributed by atoms with Crippen LogP contribution in [0.15, 0.2) is 69.1 Å². The van der Waals surface area contributed by atoms with Crippen molar-refractivity contribution in [2.24, 2.45) is 0 Å². The smallest absolute Gasteiger partial charge is 0.340 e. The monoisotopic (exact) mass is 414 g/mol. The van der Waals surface area contributed by atoms with E-state index in [2.05, 4.69) is 0 Å². The molecule has 0 aliphatic rings. The van der Waals surface area contributed by atoms with Crippen LogP contribution in [0.4, 0.5) is 0 Å². The lowest BCUT2D eigenvalue weighted by Crippen LogP contribution is -2.20. The molecule has 0 bridgehead atoms. The molecule has 10 heteroatoms. The second-order valence-electron chi connectivity index (χ2n) is 4.97. The van der Waals surface area contributed by atoms with Crippen molar-refractivity contribution in [2.45, 2.75) is 0 Å². The maximum atomic E-state index is 12.6. The Bertz CT molecular complexity index is 940. The van der Waals surface area contributed by atoms with Crippen molar-refractivity contribution in [3.63, 3.8) is 0 Å². The van der Waals surface area contributed by atoms with Gasteiger partial charge in [-0.15, -0.1) is 0 Å². The average molecular weight is 414 g/mol. The van der Waals surface area contributed by atoms with E-state index < -0.39 is 39.9 Å². The van der Waals surface area contributed by atoms with Gasteiger partial charge in [-0.1, -0.05) is 60.7 Å². The minimum absolute atomic E-state index is 0.267. The van der Waals surface area contributed by atoms with E-state index in [1.54, 1.807) is 36.4 Å². The number of hydrogen-bond acceptors (Lipinski definition) is 5. The van der Waals surface area contributed by atoms with Crippen LogP contribution < -0.4 is 0 Å². The van der Waals surface area contributed by atoms with E-state index in [0.29, 0.717) is 0 Å². The summed E-state index contributed by atoms with van der Waals surface area (Å²) in [6.45, 7) is 0. The second-order valence-corrected chi connectivity index (χ2v) is 9.68. The maximum absolute atomic E-state index is 12.6. The molecule has 7 nitrogen and oxygen atoms in total. The van der Waals surface area contributed by atoms with Crippen molar-refractivity contribution in [3.05, 3.63) is 80.3 Å². The Hall–Kier alpha value is -1.95. The molecule has 0 spiro atoms. The molecule has 0 saturated heterocycles. The summed E-state index contributed by atoms with van der Waals surface area (Å²) in [7, 11) is -10.0. The fourth-order valence-electron chi connectivity index (χ4n) is 1.92. The third kappa shape index (κ3) is 5.53. The van der Waals surface area contributed by atoms with E-state index in [1.807, 2.05) is 0 Å². The molecule has 2 rings (SSSR count). The number of hydrogen-bond donors (Lipinski definition) is 2. The molecule has 0 radical (unpaired) electrons. The molecule has 2 aromatic carbocycles. The highest BCUT2D eigenvalue weighted by Crippen LogP contribution is 2.29. The highest BCUT2D eigenvalue weighted by atomic mass is 32.3. The Labute approximate surface area is 154 Å². The minimum Gasteiger partial charge on any atom is -0.605 e.